The molecule has 0 spiro atoms. The van der Waals surface area contributed by atoms with Crippen molar-refractivity contribution in [1.29, 1.82) is 0 Å². The Labute approximate surface area is 175 Å². The molecule has 0 radical (unpaired) electrons. The molecule has 0 aliphatic rings. The van der Waals surface area contributed by atoms with Gasteiger partial charge in [-0.15, -0.1) is 21.5 Å². The van der Waals surface area contributed by atoms with Gasteiger partial charge in [0.25, 0.3) is 0 Å². The Morgan fingerprint density at radius 1 is 1.10 bits per heavy atom. The molecule has 2 heterocycles. The fourth-order valence-electron chi connectivity index (χ4n) is 2.72. The minimum absolute atomic E-state index is 0.114. The molecule has 4 aromatic rings. The largest absolute Gasteiger partial charge is 0.460 e. The van der Waals surface area contributed by atoms with Crippen LogP contribution >= 0.6 is 23.1 Å². The van der Waals surface area contributed by atoms with E-state index in [2.05, 4.69) is 15.2 Å². The van der Waals surface area contributed by atoms with Crippen molar-refractivity contribution >= 4 is 39.3 Å². The number of rotatable bonds is 6. The first-order chi connectivity index (χ1) is 14.1. The van der Waals surface area contributed by atoms with Crippen LogP contribution in [0.4, 0.5) is 4.39 Å². The summed E-state index contributed by atoms with van der Waals surface area (Å²) in [5.74, 6) is -0.522. The molecule has 2 aromatic heterocycles. The second-order valence-electron chi connectivity index (χ2n) is 6.21. The molecule has 5 nitrogen and oxygen atoms in total. The molecule has 0 bridgehead atoms. The van der Waals surface area contributed by atoms with Crippen LogP contribution in [-0.2, 0) is 16.1 Å². The van der Waals surface area contributed by atoms with Gasteiger partial charge in [0.2, 0.25) is 0 Å². The number of hydrogen-bond donors (Lipinski definition) is 0. The second kappa shape index (κ2) is 8.67. The molecule has 0 aliphatic carbocycles. The predicted octanol–water partition coefficient (Wildman–Crippen LogP) is 5.04. The van der Waals surface area contributed by atoms with Crippen molar-refractivity contribution < 1.29 is 13.9 Å². The number of carbonyl (C=O) groups is 1. The summed E-state index contributed by atoms with van der Waals surface area (Å²) in [6, 6.07) is 15.6. The van der Waals surface area contributed by atoms with Crippen LogP contribution in [0.25, 0.3) is 21.5 Å². The van der Waals surface area contributed by atoms with Crippen molar-refractivity contribution in [3.05, 3.63) is 71.0 Å². The van der Waals surface area contributed by atoms with Crippen molar-refractivity contribution in [2.75, 3.05) is 5.75 Å². The fraction of sp³-hybridized carbons (Fsp3) is 0.143. The predicted molar refractivity (Wildman–Crippen MR) is 112 cm³/mol. The fourth-order valence-corrected chi connectivity index (χ4v) is 4.43. The van der Waals surface area contributed by atoms with Gasteiger partial charge >= 0.3 is 5.97 Å². The topological polar surface area (TPSA) is 65.0 Å². The number of thiazole rings is 1. The molecule has 0 unspecified atom stereocenters. The first-order valence-corrected chi connectivity index (χ1v) is 10.6. The van der Waals surface area contributed by atoms with E-state index in [0.29, 0.717) is 16.2 Å². The summed E-state index contributed by atoms with van der Waals surface area (Å²) in [5, 5.41) is 10.0. The number of carbonyl (C=O) groups excluding carboxylic acids is 1. The van der Waals surface area contributed by atoms with Gasteiger partial charge in [0, 0.05) is 5.56 Å². The van der Waals surface area contributed by atoms with E-state index in [1.54, 1.807) is 12.1 Å². The average molecular weight is 426 g/mol. The normalized spacial score (nSPS) is 11.0. The Morgan fingerprint density at radius 2 is 1.86 bits per heavy atom. The highest BCUT2D eigenvalue weighted by Gasteiger charge is 2.17. The third-order valence-electron chi connectivity index (χ3n) is 4.08. The van der Waals surface area contributed by atoms with Crippen molar-refractivity contribution in [2.45, 2.75) is 18.6 Å². The molecule has 8 heteroatoms. The maximum atomic E-state index is 13.2. The molecule has 29 heavy (non-hydrogen) atoms. The van der Waals surface area contributed by atoms with Crippen LogP contribution < -0.4 is 0 Å². The summed E-state index contributed by atoms with van der Waals surface area (Å²) in [5.41, 5.74) is 3.06. The maximum absolute atomic E-state index is 13.2. The van der Waals surface area contributed by atoms with Crippen LogP contribution in [0.3, 0.4) is 0 Å². The monoisotopic (exact) mass is 425 g/mol. The van der Waals surface area contributed by atoms with Crippen molar-refractivity contribution in [3.63, 3.8) is 0 Å². The number of aryl methyl sites for hydroxylation is 1. The summed E-state index contributed by atoms with van der Waals surface area (Å²) in [4.78, 5) is 16.7. The number of benzene rings is 2. The molecule has 0 saturated carbocycles. The highest BCUT2D eigenvalue weighted by atomic mass is 32.2. The summed E-state index contributed by atoms with van der Waals surface area (Å²) in [7, 11) is 0. The SMILES string of the molecule is Cc1nc2c(SCC(=O)OCc3ccccc3)nnc(-c3ccc(F)cc3)c2s1. The number of hydrogen-bond acceptors (Lipinski definition) is 7. The third-order valence-corrected chi connectivity index (χ3v) is 5.99. The lowest BCUT2D eigenvalue weighted by Gasteiger charge is -2.06. The molecule has 0 aliphatic heterocycles. The summed E-state index contributed by atoms with van der Waals surface area (Å²) >= 11 is 2.75. The quantitative estimate of drug-likeness (QED) is 0.319. The van der Waals surface area contributed by atoms with Gasteiger partial charge in [-0.1, -0.05) is 42.1 Å². The van der Waals surface area contributed by atoms with Gasteiger partial charge in [0.1, 0.15) is 28.7 Å². The average Bonchev–Trinajstić information content (AvgIpc) is 3.13. The molecular weight excluding hydrogens is 409 g/mol. The van der Waals surface area contributed by atoms with E-state index in [1.807, 2.05) is 37.3 Å². The molecule has 0 atom stereocenters. The van der Waals surface area contributed by atoms with Crippen LogP contribution in [-0.4, -0.2) is 26.9 Å². The van der Waals surface area contributed by atoms with Gasteiger partial charge in [-0.2, -0.15) is 0 Å². The van der Waals surface area contributed by atoms with Gasteiger partial charge < -0.3 is 4.74 Å². The van der Waals surface area contributed by atoms with Crippen molar-refractivity contribution in [3.8, 4) is 11.3 Å². The smallest absolute Gasteiger partial charge is 0.316 e. The van der Waals surface area contributed by atoms with E-state index in [1.165, 1.54) is 35.2 Å². The zero-order valence-electron chi connectivity index (χ0n) is 15.5. The van der Waals surface area contributed by atoms with Crippen molar-refractivity contribution in [1.82, 2.24) is 15.2 Å². The van der Waals surface area contributed by atoms with E-state index < -0.39 is 0 Å². The van der Waals surface area contributed by atoms with E-state index in [-0.39, 0.29) is 24.1 Å². The number of halogens is 1. The zero-order valence-corrected chi connectivity index (χ0v) is 17.1. The lowest BCUT2D eigenvalue weighted by Crippen LogP contribution is -2.07. The van der Waals surface area contributed by atoms with Crippen LogP contribution in [0.15, 0.2) is 59.6 Å². The molecule has 0 saturated heterocycles. The highest BCUT2D eigenvalue weighted by molar-refractivity contribution is 8.00. The van der Waals surface area contributed by atoms with Crippen LogP contribution in [0, 0.1) is 12.7 Å². The number of esters is 1. The third kappa shape index (κ3) is 4.60. The summed E-state index contributed by atoms with van der Waals surface area (Å²) in [6.07, 6.45) is 0. The zero-order chi connectivity index (χ0) is 20.2. The van der Waals surface area contributed by atoms with Gasteiger partial charge in [-0.3, -0.25) is 4.79 Å². The first kappa shape index (κ1) is 19.5. The Hall–Kier alpha value is -2.84. The number of fused-ring (bicyclic) bond motifs is 1. The molecule has 0 amide bonds. The van der Waals surface area contributed by atoms with E-state index in [9.17, 15) is 9.18 Å². The number of aromatic nitrogens is 3. The molecular formula is C21H16FN3O2S2. The summed E-state index contributed by atoms with van der Waals surface area (Å²) in [6.45, 7) is 2.14. The number of nitrogens with zero attached hydrogens (tertiary/aromatic N) is 3. The Kier molecular flexibility index (Phi) is 5.82. The standard InChI is InChI=1S/C21H16FN3O2S2/c1-13-23-19-20(29-13)18(15-7-9-16(22)10-8-15)24-25-21(19)28-12-17(26)27-11-14-5-3-2-4-6-14/h2-10H,11-12H2,1H3. The number of thioether (sulfide) groups is 1. The van der Waals surface area contributed by atoms with Gasteiger partial charge in [-0.05, 0) is 36.8 Å². The highest BCUT2D eigenvalue weighted by Crippen LogP contribution is 2.35. The van der Waals surface area contributed by atoms with Gasteiger partial charge in [-0.25, -0.2) is 9.37 Å². The lowest BCUT2D eigenvalue weighted by molar-refractivity contribution is -0.141. The lowest BCUT2D eigenvalue weighted by atomic mass is 10.1. The minimum atomic E-state index is -0.330. The van der Waals surface area contributed by atoms with Crippen molar-refractivity contribution in [2.24, 2.45) is 0 Å². The Morgan fingerprint density at radius 3 is 2.62 bits per heavy atom. The minimum Gasteiger partial charge on any atom is -0.460 e. The summed E-state index contributed by atoms with van der Waals surface area (Å²) < 4.78 is 19.4. The van der Waals surface area contributed by atoms with Crippen LogP contribution in [0.2, 0.25) is 0 Å². The van der Waals surface area contributed by atoms with Gasteiger partial charge in [0.05, 0.1) is 15.5 Å². The molecule has 4 rings (SSSR count). The molecule has 2 aromatic carbocycles. The maximum Gasteiger partial charge on any atom is 0.316 e. The molecule has 146 valence electrons. The Bertz CT molecular complexity index is 1150. The van der Waals surface area contributed by atoms with E-state index >= 15 is 0 Å². The van der Waals surface area contributed by atoms with E-state index in [0.717, 1.165) is 20.8 Å². The van der Waals surface area contributed by atoms with Gasteiger partial charge in [0.15, 0.2) is 0 Å². The first-order valence-electron chi connectivity index (χ1n) is 8.82. The Balaban J connectivity index is 1.50. The van der Waals surface area contributed by atoms with E-state index in [4.69, 9.17) is 4.74 Å². The second-order valence-corrected chi connectivity index (χ2v) is 8.37. The molecule has 0 N–H and O–H groups in total. The number of ether oxygens (including phenoxy) is 1. The van der Waals surface area contributed by atoms with Crippen LogP contribution in [0.1, 0.15) is 10.6 Å². The van der Waals surface area contributed by atoms with Crippen LogP contribution in [0.5, 0.6) is 0 Å². The molecule has 0 fully saturated rings.